The lowest BCUT2D eigenvalue weighted by Crippen LogP contribution is -2.45. The van der Waals surface area contributed by atoms with Crippen molar-refractivity contribution in [1.29, 1.82) is 0 Å². The molecule has 0 unspecified atom stereocenters. The van der Waals surface area contributed by atoms with Crippen LogP contribution in [0.5, 0.6) is 0 Å². The molecule has 0 radical (unpaired) electrons. The van der Waals surface area contributed by atoms with Crippen molar-refractivity contribution in [3.05, 3.63) is 119 Å². The molecule has 0 aromatic heterocycles. The highest BCUT2D eigenvalue weighted by Crippen LogP contribution is 2.35. The number of nitrogens with two attached hydrogens (primary N) is 1. The molecule has 0 saturated heterocycles. The number of rotatable bonds is 6. The van der Waals surface area contributed by atoms with Gasteiger partial charge in [-0.05, 0) is 52.4 Å². The summed E-state index contributed by atoms with van der Waals surface area (Å²) in [6.07, 6.45) is 0.997. The Bertz CT molecular complexity index is 1110. The molecule has 152 valence electrons. The van der Waals surface area contributed by atoms with E-state index in [1.54, 1.807) is 0 Å². The van der Waals surface area contributed by atoms with Gasteiger partial charge in [0, 0.05) is 12.8 Å². The Morgan fingerprint density at radius 1 is 0.700 bits per heavy atom. The lowest BCUT2D eigenvalue weighted by Gasteiger charge is -2.36. The molecule has 0 aliphatic carbocycles. The van der Waals surface area contributed by atoms with Crippen LogP contribution in [-0.2, 0) is 12.8 Å². The fraction of sp³-hybridized carbons (Fsp3) is 0.214. The first-order chi connectivity index (χ1) is 14.5. The second kappa shape index (κ2) is 8.43. The smallest absolute Gasteiger partial charge is 0.0920 e. The molecular formula is C28H29NO. The molecule has 4 aromatic carbocycles. The maximum absolute atomic E-state index is 12.1. The van der Waals surface area contributed by atoms with Crippen LogP contribution in [-0.4, -0.2) is 10.7 Å². The highest BCUT2D eigenvalue weighted by Gasteiger charge is 2.37. The van der Waals surface area contributed by atoms with Gasteiger partial charge in [-0.2, -0.15) is 0 Å². The van der Waals surface area contributed by atoms with E-state index in [1.807, 2.05) is 48.5 Å². The fourth-order valence-electron chi connectivity index (χ4n) is 4.37. The van der Waals surface area contributed by atoms with Gasteiger partial charge in [-0.1, -0.05) is 91.0 Å². The van der Waals surface area contributed by atoms with E-state index in [1.165, 1.54) is 11.1 Å². The molecule has 4 aromatic rings. The van der Waals surface area contributed by atoms with Gasteiger partial charge < -0.3 is 10.8 Å². The highest BCUT2D eigenvalue weighted by molar-refractivity contribution is 5.86. The number of benzene rings is 4. The zero-order valence-electron chi connectivity index (χ0n) is 17.7. The largest absolute Gasteiger partial charge is 0.387 e. The van der Waals surface area contributed by atoms with E-state index in [2.05, 4.69) is 56.3 Å². The van der Waals surface area contributed by atoms with Crippen LogP contribution in [0.2, 0.25) is 0 Å². The monoisotopic (exact) mass is 395 g/mol. The first kappa shape index (κ1) is 20.3. The molecule has 0 fully saturated rings. The Hall–Kier alpha value is -2.94. The third-order valence-corrected chi connectivity index (χ3v) is 6.25. The van der Waals surface area contributed by atoms with E-state index in [0.717, 1.165) is 27.5 Å². The van der Waals surface area contributed by atoms with Crippen molar-refractivity contribution in [2.24, 2.45) is 5.73 Å². The molecule has 0 amide bonds. The van der Waals surface area contributed by atoms with Gasteiger partial charge >= 0.3 is 0 Å². The molecule has 4 rings (SSSR count). The van der Waals surface area contributed by atoms with Gasteiger partial charge in [0.25, 0.3) is 0 Å². The summed E-state index contributed by atoms with van der Waals surface area (Å²) in [5.74, 6) is 0. The Morgan fingerprint density at radius 3 is 1.80 bits per heavy atom. The summed E-state index contributed by atoms with van der Waals surface area (Å²) in [6, 6.07) is 30.4. The predicted molar refractivity (Wildman–Crippen MR) is 126 cm³/mol. The molecule has 30 heavy (non-hydrogen) atoms. The van der Waals surface area contributed by atoms with Crippen molar-refractivity contribution < 1.29 is 5.11 Å². The number of hydrogen-bond acceptors (Lipinski definition) is 2. The van der Waals surface area contributed by atoms with Crippen molar-refractivity contribution in [2.75, 3.05) is 0 Å². The molecule has 0 aliphatic heterocycles. The third kappa shape index (κ3) is 4.02. The third-order valence-electron chi connectivity index (χ3n) is 6.25. The van der Waals surface area contributed by atoms with Gasteiger partial charge in [0.1, 0.15) is 0 Å². The van der Waals surface area contributed by atoms with E-state index >= 15 is 0 Å². The molecule has 0 bridgehead atoms. The summed E-state index contributed by atoms with van der Waals surface area (Å²) in [5, 5.41) is 14.4. The van der Waals surface area contributed by atoms with Crippen molar-refractivity contribution >= 4 is 10.8 Å². The first-order valence-corrected chi connectivity index (χ1v) is 10.5. The van der Waals surface area contributed by atoms with E-state index in [9.17, 15) is 5.11 Å². The summed E-state index contributed by atoms with van der Waals surface area (Å²) in [4.78, 5) is 0. The molecular weight excluding hydrogens is 366 g/mol. The van der Waals surface area contributed by atoms with Crippen LogP contribution in [0, 0.1) is 13.8 Å². The second-order valence-electron chi connectivity index (χ2n) is 8.36. The minimum Gasteiger partial charge on any atom is -0.387 e. The van der Waals surface area contributed by atoms with Gasteiger partial charge in [-0.25, -0.2) is 0 Å². The molecule has 0 spiro atoms. The van der Waals surface area contributed by atoms with Crippen molar-refractivity contribution in [2.45, 2.75) is 38.3 Å². The SMILES string of the molecule is Cc1ccccc1CC(O)(Cc1ccccc1C)[C@H](N)c1cccc2ccccc12. The molecule has 1 atom stereocenters. The standard InChI is InChI=1S/C28H29NO/c1-20-10-3-5-13-23(20)18-28(30,19-24-14-6-4-11-21(24)2)27(29)26-17-9-15-22-12-7-8-16-25(22)26/h3-17,27,30H,18-19,29H2,1-2H3/t27-/m1/s1. The number of aliphatic hydroxyl groups is 1. The molecule has 3 N–H and O–H groups in total. The maximum Gasteiger partial charge on any atom is 0.0920 e. The molecule has 2 heteroatoms. The minimum absolute atomic E-state index is 0.498. The normalized spacial score (nSPS) is 12.8. The lowest BCUT2D eigenvalue weighted by atomic mass is 9.77. The summed E-state index contributed by atoms with van der Waals surface area (Å²) in [5.41, 5.74) is 11.3. The zero-order chi connectivity index (χ0) is 21.1. The average Bonchev–Trinajstić information content (AvgIpc) is 2.76. The Kier molecular flexibility index (Phi) is 5.72. The van der Waals surface area contributed by atoms with Crippen molar-refractivity contribution in [3.63, 3.8) is 0 Å². The van der Waals surface area contributed by atoms with Crippen LogP contribution < -0.4 is 5.73 Å². The van der Waals surface area contributed by atoms with Crippen molar-refractivity contribution in [3.8, 4) is 0 Å². The quantitative estimate of drug-likeness (QED) is 0.442. The van der Waals surface area contributed by atoms with Gasteiger partial charge in [0.15, 0.2) is 0 Å². The van der Waals surface area contributed by atoms with Gasteiger partial charge in [0.05, 0.1) is 11.6 Å². The van der Waals surface area contributed by atoms with Crippen LogP contribution in [0.4, 0.5) is 0 Å². The topological polar surface area (TPSA) is 46.2 Å². The van der Waals surface area contributed by atoms with Crippen LogP contribution in [0.25, 0.3) is 10.8 Å². The van der Waals surface area contributed by atoms with E-state index in [4.69, 9.17) is 5.73 Å². The maximum atomic E-state index is 12.1. The Labute approximate surface area is 179 Å². The Morgan fingerprint density at radius 2 is 1.20 bits per heavy atom. The van der Waals surface area contributed by atoms with E-state index < -0.39 is 11.6 Å². The fourth-order valence-corrected chi connectivity index (χ4v) is 4.37. The summed E-state index contributed by atoms with van der Waals surface area (Å²) in [7, 11) is 0. The van der Waals surface area contributed by atoms with Crippen LogP contribution >= 0.6 is 0 Å². The molecule has 2 nitrogen and oxygen atoms in total. The minimum atomic E-state index is -1.12. The summed E-state index contributed by atoms with van der Waals surface area (Å²) in [6.45, 7) is 4.18. The molecule has 0 heterocycles. The lowest BCUT2D eigenvalue weighted by molar-refractivity contribution is 0.0138. The van der Waals surface area contributed by atoms with Crippen LogP contribution in [0.1, 0.15) is 33.9 Å². The number of fused-ring (bicyclic) bond motifs is 1. The van der Waals surface area contributed by atoms with Crippen LogP contribution in [0.15, 0.2) is 91.0 Å². The van der Waals surface area contributed by atoms with Gasteiger partial charge in [-0.3, -0.25) is 0 Å². The van der Waals surface area contributed by atoms with Crippen LogP contribution in [0.3, 0.4) is 0 Å². The van der Waals surface area contributed by atoms with Gasteiger partial charge in [0.2, 0.25) is 0 Å². The highest BCUT2D eigenvalue weighted by atomic mass is 16.3. The molecule has 0 aliphatic rings. The van der Waals surface area contributed by atoms with E-state index in [-0.39, 0.29) is 0 Å². The predicted octanol–water partition coefficient (Wildman–Crippen LogP) is 5.67. The number of aryl methyl sites for hydroxylation is 2. The van der Waals surface area contributed by atoms with Gasteiger partial charge in [-0.15, -0.1) is 0 Å². The number of hydrogen-bond donors (Lipinski definition) is 2. The first-order valence-electron chi connectivity index (χ1n) is 10.5. The van der Waals surface area contributed by atoms with E-state index in [0.29, 0.717) is 12.8 Å². The zero-order valence-corrected chi connectivity index (χ0v) is 17.7. The summed E-state index contributed by atoms with van der Waals surface area (Å²) >= 11 is 0. The molecule has 0 saturated carbocycles. The second-order valence-corrected chi connectivity index (χ2v) is 8.36. The summed E-state index contributed by atoms with van der Waals surface area (Å²) < 4.78 is 0. The average molecular weight is 396 g/mol. The Balaban J connectivity index is 1.81. The van der Waals surface area contributed by atoms with Crippen molar-refractivity contribution in [1.82, 2.24) is 0 Å².